The van der Waals surface area contributed by atoms with Crippen LogP contribution in [0, 0.1) is 0 Å². The van der Waals surface area contributed by atoms with Gasteiger partial charge < -0.3 is 49.6 Å². The number of rotatable bonds is 14. The Kier molecular flexibility index (Phi) is 13.8. The first-order valence-corrected chi connectivity index (χ1v) is 13.8. The van der Waals surface area contributed by atoms with E-state index >= 15 is 0 Å². The molecule has 2 saturated heterocycles. The van der Waals surface area contributed by atoms with Crippen LogP contribution in [-0.2, 0) is 28.5 Å². The number of unbranched alkanes of at least 4 members (excludes halogenated alkanes) is 4. The molecule has 2 fully saturated rings. The average molecular weight is 549 g/mol. The van der Waals surface area contributed by atoms with Gasteiger partial charge in [0.15, 0.2) is 12.4 Å². The molecule has 2 aliphatic rings. The molecule has 222 valence electrons. The van der Waals surface area contributed by atoms with Gasteiger partial charge in [-0.25, -0.2) is 0 Å². The summed E-state index contributed by atoms with van der Waals surface area (Å²) in [5.74, 6) is -0.822. The third kappa shape index (κ3) is 8.31. The molecule has 2 amide bonds. The zero-order chi connectivity index (χ0) is 28.4. The highest BCUT2D eigenvalue weighted by molar-refractivity contribution is 5.82. The summed E-state index contributed by atoms with van der Waals surface area (Å²) < 4.78 is 23.2. The van der Waals surface area contributed by atoms with Crippen molar-refractivity contribution in [1.29, 1.82) is 0 Å². The summed E-state index contributed by atoms with van der Waals surface area (Å²) in [6, 6.07) is -1.04. The number of hydrogen-bond acceptors (Lipinski definition) is 10. The first kappa shape index (κ1) is 32.8. The molecule has 0 bridgehead atoms. The van der Waals surface area contributed by atoms with E-state index in [1.807, 2.05) is 0 Å². The number of carbonyl (C=O) groups excluding carboxylic acids is 2. The number of nitrogens with zero attached hydrogens (tertiary/aromatic N) is 1. The smallest absolute Gasteiger partial charge is 0.254 e. The van der Waals surface area contributed by atoms with Crippen molar-refractivity contribution in [3.8, 4) is 0 Å². The van der Waals surface area contributed by atoms with Crippen LogP contribution in [0.15, 0.2) is 0 Å². The maximum atomic E-state index is 13.8. The molecular formula is C26H48N2O10. The number of ether oxygens (including phenoxy) is 4. The topological polar surface area (TPSA) is 167 Å². The fraction of sp³-hybridized carbons (Fsp3) is 0.923. The van der Waals surface area contributed by atoms with Gasteiger partial charge in [-0.1, -0.05) is 39.5 Å². The molecule has 2 rings (SSSR count). The van der Waals surface area contributed by atoms with Crippen LogP contribution >= 0.6 is 0 Å². The second-order valence-electron chi connectivity index (χ2n) is 10.2. The predicted molar refractivity (Wildman–Crippen MR) is 137 cm³/mol. The fourth-order valence-electron chi connectivity index (χ4n) is 5.02. The Labute approximate surface area is 225 Å². The lowest BCUT2D eigenvalue weighted by Crippen LogP contribution is -2.68. The molecule has 0 aliphatic carbocycles. The lowest BCUT2D eigenvalue weighted by molar-refractivity contribution is -0.318. The fourth-order valence-corrected chi connectivity index (χ4v) is 5.02. The van der Waals surface area contributed by atoms with Gasteiger partial charge in [-0.3, -0.25) is 9.59 Å². The zero-order valence-corrected chi connectivity index (χ0v) is 23.3. The van der Waals surface area contributed by atoms with E-state index in [1.165, 1.54) is 14.0 Å². The van der Waals surface area contributed by atoms with Gasteiger partial charge in [-0.15, -0.1) is 0 Å². The molecule has 38 heavy (non-hydrogen) atoms. The minimum Gasteiger partial charge on any atom is -0.394 e. The van der Waals surface area contributed by atoms with Gasteiger partial charge in [-0.2, -0.15) is 0 Å². The Balaban J connectivity index is 2.37. The number of hydrogen-bond donors (Lipinski definition) is 5. The monoisotopic (exact) mass is 548 g/mol. The van der Waals surface area contributed by atoms with E-state index in [0.717, 1.165) is 38.5 Å². The summed E-state index contributed by atoms with van der Waals surface area (Å²) >= 11 is 0. The van der Waals surface area contributed by atoms with Crippen molar-refractivity contribution >= 4 is 11.8 Å². The summed E-state index contributed by atoms with van der Waals surface area (Å²) in [5.41, 5.74) is 0. The van der Waals surface area contributed by atoms with Crippen LogP contribution in [0.4, 0.5) is 0 Å². The van der Waals surface area contributed by atoms with E-state index in [0.29, 0.717) is 13.1 Å². The first-order chi connectivity index (χ1) is 18.1. The normalized spacial score (nSPS) is 35.6. The number of carbonyl (C=O) groups is 2. The summed E-state index contributed by atoms with van der Waals surface area (Å²) in [5, 5.41) is 44.6. The second-order valence-corrected chi connectivity index (χ2v) is 10.2. The lowest BCUT2D eigenvalue weighted by atomic mass is 9.93. The molecule has 2 aliphatic heterocycles. The molecule has 0 spiro atoms. The summed E-state index contributed by atoms with van der Waals surface area (Å²) in [7, 11) is 1.33. The number of aliphatic hydroxyl groups excluding tert-OH is 4. The van der Waals surface area contributed by atoms with Crippen molar-refractivity contribution in [2.45, 2.75) is 127 Å². The maximum Gasteiger partial charge on any atom is 0.254 e. The molecule has 10 atom stereocenters. The Hall–Kier alpha value is -1.38. The Morgan fingerprint density at radius 3 is 2.03 bits per heavy atom. The summed E-state index contributed by atoms with van der Waals surface area (Å²) in [4.78, 5) is 27.5. The molecule has 0 aromatic carbocycles. The van der Waals surface area contributed by atoms with Gasteiger partial charge in [0.25, 0.3) is 5.91 Å². The van der Waals surface area contributed by atoms with Crippen LogP contribution in [0.2, 0.25) is 0 Å². The van der Waals surface area contributed by atoms with E-state index in [1.54, 1.807) is 11.8 Å². The van der Waals surface area contributed by atoms with Crippen molar-refractivity contribution in [3.63, 3.8) is 0 Å². The summed E-state index contributed by atoms with van der Waals surface area (Å²) in [6.07, 6.45) is -5.55. The number of nitrogens with one attached hydrogen (secondary N) is 1. The van der Waals surface area contributed by atoms with Gasteiger partial charge in [0.05, 0.1) is 12.7 Å². The van der Waals surface area contributed by atoms with E-state index in [4.69, 9.17) is 18.9 Å². The Bertz CT molecular complexity index is 718. The van der Waals surface area contributed by atoms with Crippen molar-refractivity contribution in [3.05, 3.63) is 0 Å². The maximum absolute atomic E-state index is 13.8. The van der Waals surface area contributed by atoms with Crippen LogP contribution < -0.4 is 5.32 Å². The number of methoxy groups -OCH3 is 1. The van der Waals surface area contributed by atoms with E-state index in [9.17, 15) is 30.0 Å². The highest BCUT2D eigenvalue weighted by Crippen LogP contribution is 2.31. The van der Waals surface area contributed by atoms with Crippen molar-refractivity contribution in [2.24, 2.45) is 0 Å². The largest absolute Gasteiger partial charge is 0.394 e. The molecule has 5 N–H and O–H groups in total. The number of amides is 2. The van der Waals surface area contributed by atoms with Crippen LogP contribution in [0.5, 0.6) is 0 Å². The molecular weight excluding hydrogens is 500 g/mol. The molecule has 0 radical (unpaired) electrons. The molecule has 12 heteroatoms. The Morgan fingerprint density at radius 2 is 1.53 bits per heavy atom. The van der Waals surface area contributed by atoms with Gasteiger partial charge >= 0.3 is 0 Å². The highest BCUT2D eigenvalue weighted by Gasteiger charge is 2.53. The third-order valence-electron chi connectivity index (χ3n) is 7.23. The second kappa shape index (κ2) is 16.0. The van der Waals surface area contributed by atoms with Crippen molar-refractivity contribution in [2.75, 3.05) is 26.8 Å². The van der Waals surface area contributed by atoms with E-state index in [-0.39, 0.29) is 5.91 Å². The van der Waals surface area contributed by atoms with Crippen molar-refractivity contribution < 1.29 is 49.0 Å². The van der Waals surface area contributed by atoms with Crippen molar-refractivity contribution in [1.82, 2.24) is 10.2 Å². The third-order valence-corrected chi connectivity index (χ3v) is 7.23. The van der Waals surface area contributed by atoms with Gasteiger partial charge in [-0.05, 0) is 19.8 Å². The van der Waals surface area contributed by atoms with Gasteiger partial charge in [0.2, 0.25) is 5.91 Å². The van der Waals surface area contributed by atoms with Gasteiger partial charge in [0, 0.05) is 27.1 Å². The summed E-state index contributed by atoms with van der Waals surface area (Å²) in [6.45, 7) is 7.48. The standard InChI is InChI=1S/C26H48N2O10/c1-6-8-10-12-28(13-11-9-7-2)25(34)24-23(21(33)19(31)15(3)36-24)38-26-18(27-16(4)30)22(35-5)20(32)17(14-29)37-26/h15,17-24,26,29,31-33H,6-14H2,1-5H3,(H,27,30)/t15-,17?,18?,19+,20-,21+,22+,23-,24?,26-/m0/s1. The average Bonchev–Trinajstić information content (AvgIpc) is 2.88. The number of aliphatic hydroxyl groups is 4. The highest BCUT2D eigenvalue weighted by atomic mass is 16.7. The molecule has 0 aromatic rings. The minimum atomic E-state index is -1.51. The lowest BCUT2D eigenvalue weighted by Gasteiger charge is -2.48. The van der Waals surface area contributed by atoms with Gasteiger partial charge in [0.1, 0.15) is 42.7 Å². The van der Waals surface area contributed by atoms with Crippen LogP contribution in [0.1, 0.15) is 66.2 Å². The molecule has 0 aromatic heterocycles. The van der Waals surface area contributed by atoms with Crippen LogP contribution in [-0.4, -0.2) is 125 Å². The zero-order valence-electron chi connectivity index (χ0n) is 23.3. The van der Waals surface area contributed by atoms with Crippen LogP contribution in [0.25, 0.3) is 0 Å². The van der Waals surface area contributed by atoms with E-state index < -0.39 is 73.7 Å². The SMILES string of the molecule is CCCCCN(CCCCC)C(=O)C1O[C@@H](C)[C@@H](O)[C@@H](O)[C@@H]1O[C@@H]1OC(CO)[C@H](O)[C@H](OC)C1NC(C)=O. The molecule has 3 unspecified atom stereocenters. The van der Waals surface area contributed by atoms with Crippen LogP contribution in [0.3, 0.4) is 0 Å². The minimum absolute atomic E-state index is 0.367. The molecule has 12 nitrogen and oxygen atoms in total. The predicted octanol–water partition coefficient (Wildman–Crippen LogP) is -0.312. The Morgan fingerprint density at radius 1 is 0.921 bits per heavy atom. The van der Waals surface area contributed by atoms with E-state index in [2.05, 4.69) is 19.2 Å². The molecule has 0 saturated carbocycles. The quantitative estimate of drug-likeness (QED) is 0.182. The first-order valence-electron chi connectivity index (χ1n) is 13.8. The molecule has 2 heterocycles.